The van der Waals surface area contributed by atoms with Crippen LogP contribution in [-0.4, -0.2) is 16.6 Å². The third-order valence-corrected chi connectivity index (χ3v) is 3.89. The lowest BCUT2D eigenvalue weighted by atomic mass is 9.95. The zero-order chi connectivity index (χ0) is 12.5. The number of aromatic nitrogens is 2. The van der Waals surface area contributed by atoms with Crippen molar-refractivity contribution in [3.8, 4) is 0 Å². The van der Waals surface area contributed by atoms with Crippen LogP contribution in [0, 0.1) is 11.6 Å². The summed E-state index contributed by atoms with van der Waals surface area (Å²) >= 11 is 5.36. The van der Waals surface area contributed by atoms with E-state index in [0.717, 1.165) is 43.0 Å². The summed E-state index contributed by atoms with van der Waals surface area (Å²) in [4.78, 5) is 7.91. The van der Waals surface area contributed by atoms with Gasteiger partial charge >= 0.3 is 0 Å². The summed E-state index contributed by atoms with van der Waals surface area (Å²) < 4.78 is 6.61. The molecule has 0 aromatic carbocycles. The fourth-order valence-corrected chi connectivity index (χ4v) is 2.79. The lowest BCUT2D eigenvalue weighted by Crippen LogP contribution is -2.32. The monoisotopic (exact) mass is 252 g/mol. The van der Waals surface area contributed by atoms with Gasteiger partial charge in [-0.15, -0.1) is 0 Å². The summed E-state index contributed by atoms with van der Waals surface area (Å²) in [6.45, 7) is 7.08. The minimum absolute atomic E-state index is 0.289. The standard InChI is InChI=1S/C13H20N2OS/c1-4-10-9(2)14-12(15-11(10)17)13(3)7-5-6-8-16-13/h4-8H2,1-3H3,(H,14,15,17). The van der Waals surface area contributed by atoms with E-state index in [1.807, 2.05) is 0 Å². The first-order valence-electron chi connectivity index (χ1n) is 6.31. The molecule has 1 fully saturated rings. The number of aromatic amines is 1. The zero-order valence-corrected chi connectivity index (χ0v) is 11.6. The van der Waals surface area contributed by atoms with Crippen LogP contribution in [0.5, 0.6) is 0 Å². The zero-order valence-electron chi connectivity index (χ0n) is 10.8. The van der Waals surface area contributed by atoms with Gasteiger partial charge in [0, 0.05) is 17.9 Å². The predicted octanol–water partition coefficient (Wildman–Crippen LogP) is 3.43. The number of H-pyrrole nitrogens is 1. The van der Waals surface area contributed by atoms with E-state index in [1.54, 1.807) is 0 Å². The second kappa shape index (κ2) is 4.86. The molecule has 0 radical (unpaired) electrons. The lowest BCUT2D eigenvalue weighted by molar-refractivity contribution is -0.0762. The molecule has 1 atom stereocenters. The maximum absolute atomic E-state index is 5.89. The Balaban J connectivity index is 2.42. The van der Waals surface area contributed by atoms with E-state index in [-0.39, 0.29) is 5.60 Å². The van der Waals surface area contributed by atoms with E-state index in [0.29, 0.717) is 4.64 Å². The second-order valence-corrected chi connectivity index (χ2v) is 5.27. The van der Waals surface area contributed by atoms with Gasteiger partial charge in [-0.05, 0) is 39.5 Å². The van der Waals surface area contributed by atoms with Crippen LogP contribution in [0.1, 0.15) is 50.2 Å². The molecule has 0 bridgehead atoms. The fraction of sp³-hybridized carbons (Fsp3) is 0.692. The van der Waals surface area contributed by atoms with Crippen molar-refractivity contribution in [1.29, 1.82) is 0 Å². The van der Waals surface area contributed by atoms with Gasteiger partial charge in [0.25, 0.3) is 0 Å². The molecule has 3 nitrogen and oxygen atoms in total. The Morgan fingerprint density at radius 3 is 2.76 bits per heavy atom. The van der Waals surface area contributed by atoms with Gasteiger partial charge in [0.1, 0.15) is 16.1 Å². The lowest BCUT2D eigenvalue weighted by Gasteiger charge is -2.33. The molecule has 0 spiro atoms. The van der Waals surface area contributed by atoms with E-state index >= 15 is 0 Å². The van der Waals surface area contributed by atoms with Crippen molar-refractivity contribution in [3.05, 3.63) is 21.7 Å². The Kier molecular flexibility index (Phi) is 3.64. The molecule has 17 heavy (non-hydrogen) atoms. The van der Waals surface area contributed by atoms with Crippen molar-refractivity contribution in [3.63, 3.8) is 0 Å². The predicted molar refractivity (Wildman–Crippen MR) is 70.7 cm³/mol. The maximum Gasteiger partial charge on any atom is 0.140 e. The first-order chi connectivity index (χ1) is 8.07. The average molecular weight is 252 g/mol. The van der Waals surface area contributed by atoms with E-state index in [9.17, 15) is 0 Å². The summed E-state index contributed by atoms with van der Waals surface area (Å²) in [7, 11) is 0. The van der Waals surface area contributed by atoms with Gasteiger partial charge in [0.05, 0.1) is 0 Å². The first-order valence-corrected chi connectivity index (χ1v) is 6.72. The molecule has 2 rings (SSSR count). The van der Waals surface area contributed by atoms with Crippen LogP contribution in [0.4, 0.5) is 0 Å². The Labute approximate surface area is 108 Å². The molecule has 1 aromatic heterocycles. The van der Waals surface area contributed by atoms with Crippen molar-refractivity contribution < 1.29 is 4.74 Å². The van der Waals surface area contributed by atoms with Crippen molar-refractivity contribution in [2.45, 2.75) is 52.1 Å². The van der Waals surface area contributed by atoms with E-state index in [1.165, 1.54) is 6.42 Å². The van der Waals surface area contributed by atoms with Crippen LogP contribution in [0.25, 0.3) is 0 Å². The number of rotatable bonds is 2. The maximum atomic E-state index is 5.89. The van der Waals surface area contributed by atoms with Crippen LogP contribution in [0.2, 0.25) is 0 Å². The van der Waals surface area contributed by atoms with E-state index < -0.39 is 0 Å². The molecule has 94 valence electrons. The van der Waals surface area contributed by atoms with Gasteiger partial charge in [0.2, 0.25) is 0 Å². The van der Waals surface area contributed by atoms with Crippen LogP contribution >= 0.6 is 12.2 Å². The average Bonchev–Trinajstić information content (AvgIpc) is 2.29. The number of ether oxygens (including phenoxy) is 1. The quantitative estimate of drug-likeness (QED) is 0.819. The molecule has 1 N–H and O–H groups in total. The number of hydrogen-bond acceptors (Lipinski definition) is 3. The molecule has 1 saturated heterocycles. The molecule has 0 saturated carbocycles. The SMILES string of the molecule is CCc1c(C)[nH]c(C2(C)CCCCO2)nc1=S. The minimum Gasteiger partial charge on any atom is -0.367 e. The number of hydrogen-bond donors (Lipinski definition) is 1. The molecule has 4 heteroatoms. The Morgan fingerprint density at radius 1 is 1.47 bits per heavy atom. The molecule has 0 amide bonds. The van der Waals surface area contributed by atoms with Crippen LogP contribution in [0.15, 0.2) is 0 Å². The molecule has 0 aliphatic carbocycles. The van der Waals surface area contributed by atoms with E-state index in [4.69, 9.17) is 17.0 Å². The molecular formula is C13H20N2OS. The topological polar surface area (TPSA) is 37.9 Å². The molecule has 1 unspecified atom stereocenters. The van der Waals surface area contributed by atoms with Crippen LogP contribution in [0.3, 0.4) is 0 Å². The van der Waals surface area contributed by atoms with Gasteiger partial charge in [-0.1, -0.05) is 19.1 Å². The van der Waals surface area contributed by atoms with Crippen LogP contribution < -0.4 is 0 Å². The second-order valence-electron chi connectivity index (χ2n) is 4.88. The van der Waals surface area contributed by atoms with Gasteiger partial charge in [-0.2, -0.15) is 0 Å². The van der Waals surface area contributed by atoms with Crippen molar-refractivity contribution in [2.24, 2.45) is 0 Å². The van der Waals surface area contributed by atoms with Crippen molar-refractivity contribution in [1.82, 2.24) is 9.97 Å². The Morgan fingerprint density at radius 2 is 2.24 bits per heavy atom. The third kappa shape index (κ3) is 2.43. The van der Waals surface area contributed by atoms with Crippen LogP contribution in [-0.2, 0) is 16.8 Å². The van der Waals surface area contributed by atoms with Gasteiger partial charge in [-0.3, -0.25) is 0 Å². The minimum atomic E-state index is -0.289. The largest absolute Gasteiger partial charge is 0.367 e. The number of nitrogens with one attached hydrogen (secondary N) is 1. The van der Waals surface area contributed by atoms with Gasteiger partial charge in [0.15, 0.2) is 0 Å². The number of nitrogens with zero attached hydrogens (tertiary/aromatic N) is 1. The smallest absolute Gasteiger partial charge is 0.140 e. The molecular weight excluding hydrogens is 232 g/mol. The molecule has 2 heterocycles. The summed E-state index contributed by atoms with van der Waals surface area (Å²) in [5, 5.41) is 0. The molecule has 1 aliphatic heterocycles. The normalized spacial score (nSPS) is 24.9. The highest BCUT2D eigenvalue weighted by atomic mass is 32.1. The first kappa shape index (κ1) is 12.7. The van der Waals surface area contributed by atoms with E-state index in [2.05, 4.69) is 30.7 Å². The third-order valence-electron chi connectivity index (χ3n) is 3.55. The highest BCUT2D eigenvalue weighted by Crippen LogP contribution is 2.32. The van der Waals surface area contributed by atoms with Crippen molar-refractivity contribution >= 4 is 12.2 Å². The molecule has 1 aromatic rings. The van der Waals surface area contributed by atoms with Gasteiger partial charge < -0.3 is 9.72 Å². The summed E-state index contributed by atoms with van der Waals surface area (Å²) in [5.41, 5.74) is 1.98. The highest BCUT2D eigenvalue weighted by Gasteiger charge is 2.32. The Bertz CT molecular complexity index is 461. The number of aryl methyl sites for hydroxylation is 1. The highest BCUT2D eigenvalue weighted by molar-refractivity contribution is 7.71. The Hall–Kier alpha value is -0.740. The molecule has 1 aliphatic rings. The van der Waals surface area contributed by atoms with Crippen molar-refractivity contribution in [2.75, 3.05) is 6.61 Å². The summed E-state index contributed by atoms with van der Waals surface area (Å²) in [6.07, 6.45) is 4.26. The van der Waals surface area contributed by atoms with Gasteiger partial charge in [-0.25, -0.2) is 4.98 Å². The summed E-state index contributed by atoms with van der Waals surface area (Å²) in [5.74, 6) is 0.886. The fourth-order valence-electron chi connectivity index (χ4n) is 2.40. The summed E-state index contributed by atoms with van der Waals surface area (Å²) in [6, 6.07) is 0.